The summed E-state index contributed by atoms with van der Waals surface area (Å²) in [5.74, 6) is 0.141. The van der Waals surface area contributed by atoms with Gasteiger partial charge in [0.25, 0.3) is 5.56 Å². The van der Waals surface area contributed by atoms with Crippen LogP contribution in [0.15, 0.2) is 58.5 Å². The Hall–Kier alpha value is -3.64. The maximum atomic E-state index is 12.7. The Kier molecular flexibility index (Phi) is 4.78. The van der Waals surface area contributed by atoms with Crippen LogP contribution in [0.5, 0.6) is 0 Å². The number of benzene rings is 2. The molecule has 4 rings (SSSR count). The Morgan fingerprint density at radius 2 is 1.90 bits per heavy atom. The Bertz CT molecular complexity index is 1350. The SMILES string of the molecule is C[C@H](Sc1nnc2n(C)c(=O)c3ccccc3n12)C(=O)Nc1ccccc1C#N. The molecule has 0 bridgehead atoms. The lowest BCUT2D eigenvalue weighted by atomic mass is 10.2. The van der Waals surface area contributed by atoms with Gasteiger partial charge in [-0.05, 0) is 31.2 Å². The van der Waals surface area contributed by atoms with Crippen molar-refractivity contribution in [3.8, 4) is 6.07 Å². The number of anilines is 1. The van der Waals surface area contributed by atoms with E-state index in [0.717, 1.165) is 0 Å². The summed E-state index contributed by atoms with van der Waals surface area (Å²) in [5, 5.41) is 20.8. The summed E-state index contributed by atoms with van der Waals surface area (Å²) < 4.78 is 3.21. The first-order valence-corrected chi connectivity index (χ1v) is 9.68. The van der Waals surface area contributed by atoms with Gasteiger partial charge in [-0.15, -0.1) is 10.2 Å². The summed E-state index contributed by atoms with van der Waals surface area (Å²) in [6.07, 6.45) is 0. The van der Waals surface area contributed by atoms with Crippen LogP contribution in [0.1, 0.15) is 12.5 Å². The van der Waals surface area contributed by atoms with E-state index in [9.17, 15) is 14.9 Å². The molecule has 1 atom stereocenters. The number of hydrogen-bond acceptors (Lipinski definition) is 6. The van der Waals surface area contributed by atoms with Crippen molar-refractivity contribution >= 4 is 40.0 Å². The highest BCUT2D eigenvalue weighted by atomic mass is 32.2. The summed E-state index contributed by atoms with van der Waals surface area (Å²) in [6, 6.07) is 16.1. The number of carbonyl (C=O) groups is 1. The van der Waals surface area contributed by atoms with Gasteiger partial charge in [-0.25, -0.2) is 0 Å². The van der Waals surface area contributed by atoms with E-state index < -0.39 is 5.25 Å². The third-order valence-electron chi connectivity index (χ3n) is 4.55. The zero-order valence-electron chi connectivity index (χ0n) is 15.7. The van der Waals surface area contributed by atoms with Gasteiger partial charge in [-0.1, -0.05) is 36.0 Å². The van der Waals surface area contributed by atoms with Crippen LogP contribution in [0, 0.1) is 11.3 Å². The van der Waals surface area contributed by atoms with E-state index >= 15 is 0 Å². The normalized spacial score (nSPS) is 12.0. The monoisotopic (exact) mass is 404 g/mol. The minimum Gasteiger partial charge on any atom is -0.324 e. The van der Waals surface area contributed by atoms with E-state index in [1.54, 1.807) is 54.8 Å². The predicted octanol–water partition coefficient (Wildman–Crippen LogP) is 2.57. The van der Waals surface area contributed by atoms with E-state index in [1.807, 2.05) is 12.1 Å². The van der Waals surface area contributed by atoms with Crippen molar-refractivity contribution in [1.29, 1.82) is 5.26 Å². The summed E-state index contributed by atoms with van der Waals surface area (Å²) in [5.41, 5.74) is 1.38. The molecule has 0 radical (unpaired) electrons. The number of amides is 1. The molecule has 2 heterocycles. The molecule has 0 aliphatic rings. The minimum atomic E-state index is -0.509. The van der Waals surface area contributed by atoms with Crippen molar-refractivity contribution < 1.29 is 4.79 Å². The largest absolute Gasteiger partial charge is 0.324 e. The molecule has 0 spiro atoms. The first-order valence-electron chi connectivity index (χ1n) is 8.80. The maximum absolute atomic E-state index is 12.7. The van der Waals surface area contributed by atoms with E-state index in [0.29, 0.717) is 33.1 Å². The quantitative estimate of drug-likeness (QED) is 0.524. The van der Waals surface area contributed by atoms with E-state index in [4.69, 9.17) is 0 Å². The van der Waals surface area contributed by atoms with E-state index in [2.05, 4.69) is 21.6 Å². The number of rotatable bonds is 4. The molecule has 2 aromatic carbocycles. The molecule has 0 unspecified atom stereocenters. The van der Waals surface area contributed by atoms with Crippen molar-refractivity contribution in [2.75, 3.05) is 5.32 Å². The highest BCUT2D eigenvalue weighted by Crippen LogP contribution is 2.26. The second-order valence-electron chi connectivity index (χ2n) is 6.41. The fourth-order valence-corrected chi connectivity index (χ4v) is 3.88. The number of fused-ring (bicyclic) bond motifs is 3. The fourth-order valence-electron chi connectivity index (χ4n) is 3.02. The summed E-state index contributed by atoms with van der Waals surface area (Å²) in [6.45, 7) is 1.75. The second-order valence-corrected chi connectivity index (χ2v) is 7.71. The van der Waals surface area contributed by atoms with Gasteiger partial charge in [0.2, 0.25) is 11.7 Å². The summed E-state index contributed by atoms with van der Waals surface area (Å²) in [4.78, 5) is 25.2. The van der Waals surface area contributed by atoms with Gasteiger partial charge < -0.3 is 5.32 Å². The van der Waals surface area contributed by atoms with Crippen LogP contribution >= 0.6 is 11.8 Å². The van der Waals surface area contributed by atoms with Crippen LogP contribution < -0.4 is 10.9 Å². The van der Waals surface area contributed by atoms with Crippen LogP contribution in [0.4, 0.5) is 5.69 Å². The Balaban J connectivity index is 1.69. The average Bonchev–Trinajstić information content (AvgIpc) is 3.16. The van der Waals surface area contributed by atoms with Gasteiger partial charge in [0.15, 0.2) is 5.16 Å². The van der Waals surface area contributed by atoms with Crippen LogP contribution in [-0.2, 0) is 11.8 Å². The number of thioether (sulfide) groups is 1. The van der Waals surface area contributed by atoms with E-state index in [-0.39, 0.29) is 11.5 Å². The molecule has 4 aromatic rings. The minimum absolute atomic E-state index is 0.157. The molecule has 0 fully saturated rings. The van der Waals surface area contributed by atoms with E-state index in [1.165, 1.54) is 16.3 Å². The number of nitrogens with one attached hydrogen (secondary N) is 1. The fraction of sp³-hybridized carbons (Fsp3) is 0.150. The first kappa shape index (κ1) is 18.7. The standard InChI is InChI=1S/C20H16N6O2S/c1-12(17(27)22-15-9-5-3-7-13(15)11-21)29-20-24-23-19-25(2)18(28)14-8-4-6-10-16(14)26(19)20/h3-10,12H,1-2H3,(H,22,27)/t12-/m0/s1. The summed E-state index contributed by atoms with van der Waals surface area (Å²) in [7, 11) is 1.64. The van der Waals surface area contributed by atoms with Gasteiger partial charge in [-0.2, -0.15) is 5.26 Å². The summed E-state index contributed by atoms with van der Waals surface area (Å²) >= 11 is 1.23. The number of para-hydroxylation sites is 2. The van der Waals surface area contributed by atoms with Crippen molar-refractivity contribution in [3.05, 3.63) is 64.4 Å². The van der Waals surface area contributed by atoms with Gasteiger partial charge in [-0.3, -0.25) is 18.6 Å². The zero-order chi connectivity index (χ0) is 20.5. The number of nitriles is 1. The van der Waals surface area contributed by atoms with Crippen molar-refractivity contribution in [1.82, 2.24) is 19.2 Å². The van der Waals surface area contributed by atoms with Gasteiger partial charge >= 0.3 is 0 Å². The number of carbonyl (C=O) groups excluding carboxylic acids is 1. The topological polar surface area (TPSA) is 105 Å². The third kappa shape index (κ3) is 3.23. The highest BCUT2D eigenvalue weighted by molar-refractivity contribution is 8.00. The van der Waals surface area contributed by atoms with Crippen molar-refractivity contribution in [2.45, 2.75) is 17.3 Å². The molecule has 29 heavy (non-hydrogen) atoms. The Morgan fingerprint density at radius 1 is 1.17 bits per heavy atom. The molecular weight excluding hydrogens is 388 g/mol. The zero-order valence-corrected chi connectivity index (χ0v) is 16.5. The molecule has 0 saturated carbocycles. The lowest BCUT2D eigenvalue weighted by molar-refractivity contribution is -0.115. The van der Waals surface area contributed by atoms with Crippen LogP contribution in [0.2, 0.25) is 0 Å². The third-order valence-corrected chi connectivity index (χ3v) is 5.60. The number of aryl methyl sites for hydroxylation is 1. The number of hydrogen-bond donors (Lipinski definition) is 1. The van der Waals surface area contributed by atoms with Crippen molar-refractivity contribution in [2.24, 2.45) is 7.05 Å². The lowest BCUT2D eigenvalue weighted by Gasteiger charge is -2.12. The number of aromatic nitrogens is 4. The van der Waals surface area contributed by atoms with Gasteiger partial charge in [0, 0.05) is 7.05 Å². The molecular formula is C20H16N6O2S. The first-order chi connectivity index (χ1) is 14.0. The molecule has 1 N–H and O–H groups in total. The van der Waals surface area contributed by atoms with Crippen LogP contribution in [0.25, 0.3) is 16.7 Å². The molecule has 0 aliphatic carbocycles. The Morgan fingerprint density at radius 3 is 2.69 bits per heavy atom. The molecule has 8 nitrogen and oxygen atoms in total. The lowest BCUT2D eigenvalue weighted by Crippen LogP contribution is -2.23. The second kappa shape index (κ2) is 7.41. The van der Waals surface area contributed by atoms with Crippen molar-refractivity contribution in [3.63, 3.8) is 0 Å². The predicted molar refractivity (Wildman–Crippen MR) is 111 cm³/mol. The van der Waals surface area contributed by atoms with Crippen LogP contribution in [0.3, 0.4) is 0 Å². The average molecular weight is 404 g/mol. The maximum Gasteiger partial charge on any atom is 0.262 e. The Labute approximate surface area is 169 Å². The van der Waals surface area contributed by atoms with Gasteiger partial charge in [0.1, 0.15) is 6.07 Å². The molecule has 1 amide bonds. The van der Waals surface area contributed by atoms with Gasteiger partial charge in [0.05, 0.1) is 27.4 Å². The molecule has 0 saturated heterocycles. The molecule has 2 aromatic heterocycles. The molecule has 144 valence electrons. The highest BCUT2D eigenvalue weighted by Gasteiger charge is 2.21. The smallest absolute Gasteiger partial charge is 0.262 e. The number of nitrogens with zero attached hydrogens (tertiary/aromatic N) is 5. The molecule has 0 aliphatic heterocycles. The van der Waals surface area contributed by atoms with Crippen LogP contribution in [-0.4, -0.2) is 30.3 Å². The molecule has 9 heteroatoms.